The normalized spacial score (nSPS) is 11.6. The average molecular weight is 447 g/mol. The highest BCUT2D eigenvalue weighted by Gasteiger charge is 2.26. The maximum Gasteiger partial charge on any atom is 0.293 e. The van der Waals surface area contributed by atoms with Gasteiger partial charge in [-0.3, -0.25) is 9.59 Å². The van der Waals surface area contributed by atoms with Crippen LogP contribution in [-0.2, 0) is 14.1 Å². The van der Waals surface area contributed by atoms with Crippen LogP contribution in [0.1, 0.15) is 24.0 Å². The summed E-state index contributed by atoms with van der Waals surface area (Å²) in [7, 11) is 2.92. The number of H-pyrrole nitrogens is 1. The van der Waals surface area contributed by atoms with Gasteiger partial charge in [0, 0.05) is 49.2 Å². The summed E-state index contributed by atoms with van der Waals surface area (Å²) < 4.78 is 62.4. The maximum absolute atomic E-state index is 13.6. The van der Waals surface area contributed by atoms with E-state index in [2.05, 4.69) is 4.98 Å². The van der Waals surface area contributed by atoms with Crippen LogP contribution < -0.4 is 15.9 Å². The Hall–Kier alpha value is -3.82. The summed E-state index contributed by atoms with van der Waals surface area (Å²) in [5.41, 5.74) is -1.73. The van der Waals surface area contributed by atoms with E-state index in [-0.39, 0.29) is 16.6 Å². The summed E-state index contributed by atoms with van der Waals surface area (Å²) in [5.74, 6) is -1.18. The lowest BCUT2D eigenvalue weighted by Crippen LogP contribution is -2.20. The van der Waals surface area contributed by atoms with Crippen molar-refractivity contribution in [1.82, 2.24) is 14.1 Å². The molecule has 0 aliphatic rings. The molecular formula is C22H17F4N3O3. The Morgan fingerprint density at radius 1 is 0.844 bits per heavy atom. The van der Waals surface area contributed by atoms with Crippen molar-refractivity contribution in [3.05, 3.63) is 80.8 Å². The molecule has 1 aromatic carbocycles. The second-order valence-corrected chi connectivity index (χ2v) is 7.17. The molecule has 3 heterocycles. The molecule has 0 saturated heterocycles. The summed E-state index contributed by atoms with van der Waals surface area (Å²) in [6, 6.07) is 6.13. The van der Waals surface area contributed by atoms with Gasteiger partial charge >= 0.3 is 0 Å². The lowest BCUT2D eigenvalue weighted by Gasteiger charge is -2.18. The summed E-state index contributed by atoms with van der Waals surface area (Å²) in [5, 5.41) is 0.461. The van der Waals surface area contributed by atoms with Crippen LogP contribution in [0.3, 0.4) is 0 Å². The number of rotatable bonds is 5. The molecule has 3 aromatic heterocycles. The van der Waals surface area contributed by atoms with E-state index in [0.29, 0.717) is 10.9 Å². The van der Waals surface area contributed by atoms with E-state index in [0.717, 1.165) is 22.8 Å². The fourth-order valence-electron chi connectivity index (χ4n) is 3.54. The van der Waals surface area contributed by atoms with Gasteiger partial charge in [0.1, 0.15) is 11.3 Å². The van der Waals surface area contributed by atoms with Crippen molar-refractivity contribution in [2.75, 3.05) is 0 Å². The van der Waals surface area contributed by atoms with Gasteiger partial charge in [0.05, 0.1) is 11.1 Å². The predicted molar refractivity (Wildman–Crippen MR) is 111 cm³/mol. The minimum atomic E-state index is -3.10. The fourth-order valence-corrected chi connectivity index (χ4v) is 3.54. The first-order valence-corrected chi connectivity index (χ1v) is 9.44. The molecule has 0 spiro atoms. The molecule has 4 rings (SSSR count). The second-order valence-electron chi connectivity index (χ2n) is 7.17. The van der Waals surface area contributed by atoms with Crippen LogP contribution >= 0.6 is 0 Å². The van der Waals surface area contributed by atoms with Gasteiger partial charge in [0.2, 0.25) is 0 Å². The van der Waals surface area contributed by atoms with E-state index in [4.69, 9.17) is 4.74 Å². The predicted octanol–water partition coefficient (Wildman–Crippen LogP) is 4.90. The van der Waals surface area contributed by atoms with Crippen LogP contribution in [0.15, 0.2) is 58.5 Å². The van der Waals surface area contributed by atoms with E-state index in [1.54, 1.807) is 6.07 Å². The molecule has 32 heavy (non-hydrogen) atoms. The van der Waals surface area contributed by atoms with Crippen LogP contribution in [0.5, 0.6) is 11.5 Å². The zero-order chi connectivity index (χ0) is 23.2. The lowest BCUT2D eigenvalue weighted by atomic mass is 10.0. The quantitative estimate of drug-likeness (QED) is 0.443. The van der Waals surface area contributed by atoms with Crippen LogP contribution in [0, 0.1) is 0 Å². The zero-order valence-corrected chi connectivity index (χ0v) is 16.9. The van der Waals surface area contributed by atoms with E-state index in [1.807, 2.05) is 0 Å². The minimum Gasteiger partial charge on any atom is -0.450 e. The molecule has 0 saturated carbocycles. The molecule has 0 radical (unpaired) electrons. The number of hydrogen-bond acceptors (Lipinski definition) is 3. The van der Waals surface area contributed by atoms with Gasteiger partial charge in [0.15, 0.2) is 5.75 Å². The molecule has 0 aliphatic heterocycles. The Morgan fingerprint density at radius 3 is 2.12 bits per heavy atom. The molecule has 166 valence electrons. The van der Waals surface area contributed by atoms with Gasteiger partial charge in [-0.05, 0) is 24.3 Å². The SMILES string of the molecule is Cn1ccc(-c2cn(C)c(=O)c3[nH]ccc23)c(Oc2c(C(F)F)cccc2C(F)F)c1=O. The Morgan fingerprint density at radius 2 is 1.50 bits per heavy atom. The molecular weight excluding hydrogens is 430 g/mol. The molecule has 0 fully saturated rings. The van der Waals surface area contributed by atoms with Crippen LogP contribution in [-0.4, -0.2) is 14.1 Å². The molecule has 0 bridgehead atoms. The summed E-state index contributed by atoms with van der Waals surface area (Å²) >= 11 is 0. The van der Waals surface area contributed by atoms with Gasteiger partial charge in [-0.2, -0.15) is 0 Å². The van der Waals surface area contributed by atoms with Gasteiger partial charge in [0.25, 0.3) is 24.0 Å². The number of fused-ring (bicyclic) bond motifs is 1. The Bertz CT molecular complexity index is 1410. The molecule has 10 heteroatoms. The van der Waals surface area contributed by atoms with Crippen molar-refractivity contribution in [2.24, 2.45) is 14.1 Å². The highest BCUT2D eigenvalue weighted by Crippen LogP contribution is 2.41. The Labute approximate surface area is 178 Å². The van der Waals surface area contributed by atoms with E-state index >= 15 is 0 Å². The molecule has 4 aromatic rings. The highest BCUT2D eigenvalue weighted by molar-refractivity contribution is 5.95. The number of nitrogens with zero attached hydrogens (tertiary/aromatic N) is 2. The van der Waals surface area contributed by atoms with Crippen molar-refractivity contribution in [1.29, 1.82) is 0 Å². The minimum absolute atomic E-state index is 0.164. The molecule has 0 unspecified atom stereocenters. The van der Waals surface area contributed by atoms with Crippen molar-refractivity contribution in [2.45, 2.75) is 12.9 Å². The monoisotopic (exact) mass is 447 g/mol. The number of halogens is 4. The number of alkyl halides is 4. The Kier molecular flexibility index (Phi) is 5.37. The summed E-state index contributed by atoms with van der Waals surface area (Å²) in [6.45, 7) is 0. The smallest absolute Gasteiger partial charge is 0.293 e. The number of aryl methyl sites for hydroxylation is 2. The maximum atomic E-state index is 13.6. The molecule has 0 aliphatic carbocycles. The van der Waals surface area contributed by atoms with Crippen LogP contribution in [0.25, 0.3) is 22.0 Å². The number of pyridine rings is 2. The first kappa shape index (κ1) is 21.4. The highest BCUT2D eigenvalue weighted by atomic mass is 19.3. The number of aromatic nitrogens is 3. The van der Waals surface area contributed by atoms with Crippen LogP contribution in [0.4, 0.5) is 17.6 Å². The van der Waals surface area contributed by atoms with Crippen molar-refractivity contribution in [3.8, 4) is 22.6 Å². The number of aromatic amines is 1. The fraction of sp³-hybridized carbons (Fsp3) is 0.182. The summed E-state index contributed by atoms with van der Waals surface area (Å²) in [4.78, 5) is 28.1. The summed E-state index contributed by atoms with van der Waals surface area (Å²) in [6.07, 6.45) is -1.77. The number of benzene rings is 1. The van der Waals surface area contributed by atoms with Gasteiger partial charge in [-0.1, -0.05) is 6.07 Å². The standard InChI is InChI=1S/C22H17F4N3O3/c1-28-9-7-12(15-10-29(2)21(30)16-11(15)6-8-27-16)18(22(28)31)32-17-13(19(23)24)4-3-5-14(17)20(25)26/h3-10,19-20,27H,1-2H3. The third-order valence-corrected chi connectivity index (χ3v) is 5.16. The Balaban J connectivity index is 2.02. The largest absolute Gasteiger partial charge is 0.450 e. The zero-order valence-electron chi connectivity index (χ0n) is 16.9. The third kappa shape index (κ3) is 3.47. The molecule has 0 atom stereocenters. The average Bonchev–Trinajstić information content (AvgIpc) is 3.24. The van der Waals surface area contributed by atoms with E-state index < -0.39 is 41.0 Å². The molecule has 6 nitrogen and oxygen atoms in total. The topological polar surface area (TPSA) is 69.0 Å². The number of para-hydroxylation sites is 1. The van der Waals surface area contributed by atoms with Crippen molar-refractivity contribution < 1.29 is 22.3 Å². The van der Waals surface area contributed by atoms with E-state index in [1.165, 1.54) is 43.3 Å². The number of hydrogen-bond donors (Lipinski definition) is 1. The molecule has 0 amide bonds. The van der Waals surface area contributed by atoms with Crippen molar-refractivity contribution >= 4 is 10.9 Å². The lowest BCUT2D eigenvalue weighted by molar-refractivity contribution is 0.137. The van der Waals surface area contributed by atoms with Crippen LogP contribution in [0.2, 0.25) is 0 Å². The molecule has 1 N–H and O–H groups in total. The van der Waals surface area contributed by atoms with E-state index in [9.17, 15) is 27.2 Å². The first-order chi connectivity index (χ1) is 15.2. The first-order valence-electron chi connectivity index (χ1n) is 9.44. The number of ether oxygens (including phenoxy) is 1. The number of nitrogens with one attached hydrogen (secondary N) is 1. The van der Waals surface area contributed by atoms with Gasteiger partial charge in [-0.15, -0.1) is 0 Å². The van der Waals surface area contributed by atoms with Crippen molar-refractivity contribution in [3.63, 3.8) is 0 Å². The van der Waals surface area contributed by atoms with Gasteiger partial charge < -0.3 is 18.9 Å². The third-order valence-electron chi connectivity index (χ3n) is 5.16. The van der Waals surface area contributed by atoms with Gasteiger partial charge in [-0.25, -0.2) is 17.6 Å². The second kappa shape index (κ2) is 8.03.